The molecule has 1 atom stereocenters. The molecule has 2 aromatic carbocycles. The zero-order chi connectivity index (χ0) is 17.8. The van der Waals surface area contributed by atoms with Crippen LogP contribution in [0.3, 0.4) is 0 Å². The lowest BCUT2D eigenvalue weighted by Gasteiger charge is -2.23. The van der Waals surface area contributed by atoms with E-state index < -0.39 is 0 Å². The van der Waals surface area contributed by atoms with Crippen molar-refractivity contribution in [3.8, 4) is 0 Å². The van der Waals surface area contributed by atoms with E-state index >= 15 is 0 Å². The van der Waals surface area contributed by atoms with Crippen LogP contribution in [0.4, 0.5) is 0 Å². The molecular formula is C23H24O2. The Morgan fingerprint density at radius 2 is 1.44 bits per heavy atom. The zero-order valence-electron chi connectivity index (χ0n) is 14.9. The monoisotopic (exact) mass is 332 g/mol. The van der Waals surface area contributed by atoms with E-state index in [9.17, 15) is 9.59 Å². The van der Waals surface area contributed by atoms with Crippen molar-refractivity contribution < 1.29 is 9.59 Å². The van der Waals surface area contributed by atoms with Crippen LogP contribution >= 0.6 is 0 Å². The molecule has 25 heavy (non-hydrogen) atoms. The van der Waals surface area contributed by atoms with Crippen LogP contribution in [0.2, 0.25) is 0 Å². The smallest absolute Gasteiger partial charge is 0.188 e. The van der Waals surface area contributed by atoms with Gasteiger partial charge in [0.2, 0.25) is 0 Å². The molecule has 0 unspecified atom stereocenters. The first kappa shape index (κ1) is 17.3. The molecule has 128 valence electrons. The average molecular weight is 332 g/mol. The number of rotatable bonds is 5. The van der Waals surface area contributed by atoms with Gasteiger partial charge in [0.15, 0.2) is 11.6 Å². The Morgan fingerprint density at radius 3 is 2.04 bits per heavy atom. The summed E-state index contributed by atoms with van der Waals surface area (Å²) in [5.74, 6) is 0.215. The van der Waals surface area contributed by atoms with Gasteiger partial charge in [-0.3, -0.25) is 9.59 Å². The molecule has 0 saturated carbocycles. The molecule has 0 radical (unpaired) electrons. The topological polar surface area (TPSA) is 34.1 Å². The fourth-order valence-electron chi connectivity index (χ4n) is 3.39. The van der Waals surface area contributed by atoms with Gasteiger partial charge in [0, 0.05) is 17.5 Å². The highest BCUT2D eigenvalue weighted by Gasteiger charge is 2.26. The lowest BCUT2D eigenvalue weighted by molar-refractivity contribution is 0.0953. The first-order valence-corrected chi connectivity index (χ1v) is 8.96. The van der Waals surface area contributed by atoms with Crippen LogP contribution in [0.15, 0.2) is 60.2 Å². The second-order valence-corrected chi connectivity index (χ2v) is 6.98. The highest BCUT2D eigenvalue weighted by atomic mass is 16.1. The van der Waals surface area contributed by atoms with Gasteiger partial charge >= 0.3 is 0 Å². The summed E-state index contributed by atoms with van der Waals surface area (Å²) in [4.78, 5) is 25.5. The molecule has 1 aliphatic rings. The van der Waals surface area contributed by atoms with E-state index in [4.69, 9.17) is 0 Å². The molecule has 2 nitrogen and oxygen atoms in total. The third-order valence-electron chi connectivity index (χ3n) is 4.94. The van der Waals surface area contributed by atoms with Crippen molar-refractivity contribution in [3.05, 3.63) is 82.4 Å². The second-order valence-electron chi connectivity index (χ2n) is 6.98. The molecule has 3 rings (SSSR count). The third-order valence-corrected chi connectivity index (χ3v) is 4.94. The summed E-state index contributed by atoms with van der Waals surface area (Å²) >= 11 is 0. The number of benzene rings is 2. The molecule has 0 saturated heterocycles. The van der Waals surface area contributed by atoms with Gasteiger partial charge < -0.3 is 0 Å². The number of carbonyl (C=O) groups is 2. The minimum Gasteiger partial charge on any atom is -0.294 e. The van der Waals surface area contributed by atoms with Crippen molar-refractivity contribution in [1.29, 1.82) is 0 Å². The summed E-state index contributed by atoms with van der Waals surface area (Å²) < 4.78 is 0. The number of hydrogen-bond acceptors (Lipinski definition) is 2. The van der Waals surface area contributed by atoms with E-state index in [-0.39, 0.29) is 17.5 Å². The first-order valence-electron chi connectivity index (χ1n) is 8.96. The molecule has 0 aromatic heterocycles. The summed E-state index contributed by atoms with van der Waals surface area (Å²) in [6.45, 7) is 4.02. The molecule has 0 bridgehead atoms. The van der Waals surface area contributed by atoms with Crippen molar-refractivity contribution in [3.63, 3.8) is 0 Å². The van der Waals surface area contributed by atoms with Gasteiger partial charge in [-0.25, -0.2) is 0 Å². The van der Waals surface area contributed by atoms with Crippen molar-refractivity contribution in [2.45, 2.75) is 39.5 Å². The lowest BCUT2D eigenvalue weighted by Crippen LogP contribution is -2.20. The summed E-state index contributed by atoms with van der Waals surface area (Å²) in [5, 5.41) is 0. The number of carbonyl (C=O) groups excluding carboxylic acids is 2. The molecule has 2 aromatic rings. The van der Waals surface area contributed by atoms with Crippen molar-refractivity contribution in [1.82, 2.24) is 0 Å². The summed E-state index contributed by atoms with van der Waals surface area (Å²) in [6.07, 6.45) is 5.31. The predicted molar refractivity (Wildman–Crippen MR) is 101 cm³/mol. The molecule has 0 N–H and O–H groups in total. The Hall–Kier alpha value is -2.48. The summed E-state index contributed by atoms with van der Waals surface area (Å²) in [5.41, 5.74) is 4.55. The van der Waals surface area contributed by atoms with Crippen molar-refractivity contribution in [2.24, 2.45) is 5.92 Å². The van der Waals surface area contributed by atoms with Crippen molar-refractivity contribution >= 4 is 11.6 Å². The van der Waals surface area contributed by atoms with E-state index in [1.165, 1.54) is 0 Å². The van der Waals surface area contributed by atoms with Crippen LogP contribution < -0.4 is 0 Å². The molecular weight excluding hydrogens is 308 g/mol. The molecule has 0 aliphatic heterocycles. The molecule has 0 heterocycles. The van der Waals surface area contributed by atoms with Gasteiger partial charge in [0.25, 0.3) is 0 Å². The van der Waals surface area contributed by atoms with Gasteiger partial charge in [0.1, 0.15) is 0 Å². The Morgan fingerprint density at radius 1 is 0.880 bits per heavy atom. The molecule has 2 heteroatoms. The standard InChI is InChI=1S/C23H24O2/c1-16-7-11-18(12-8-16)22(24)15-20-5-3-4-6-21(20)23(25)19-13-9-17(2)10-14-19/h6-14,20H,3-5,15H2,1-2H3/t20-/m1/s1. The Balaban J connectivity index is 1.77. The quantitative estimate of drug-likeness (QED) is 0.679. The van der Waals surface area contributed by atoms with Gasteiger partial charge in [-0.15, -0.1) is 0 Å². The third kappa shape index (κ3) is 4.14. The fraction of sp³-hybridized carbons (Fsp3) is 0.304. The highest BCUT2D eigenvalue weighted by Crippen LogP contribution is 2.31. The highest BCUT2D eigenvalue weighted by molar-refractivity contribution is 6.09. The Labute approximate surface area is 149 Å². The molecule has 0 amide bonds. The maximum atomic E-state index is 12.9. The van der Waals surface area contributed by atoms with Gasteiger partial charge in [-0.2, -0.15) is 0 Å². The molecule has 0 fully saturated rings. The Kier molecular flexibility index (Phi) is 5.28. The largest absolute Gasteiger partial charge is 0.294 e. The number of ketones is 2. The number of allylic oxidation sites excluding steroid dienone is 2. The maximum absolute atomic E-state index is 12.9. The van der Waals surface area contributed by atoms with Crippen LogP contribution in [0.5, 0.6) is 0 Å². The minimum atomic E-state index is 0.0244. The normalized spacial score (nSPS) is 17.0. The van der Waals surface area contributed by atoms with Crippen LogP contribution in [0.1, 0.15) is 57.5 Å². The number of aryl methyl sites for hydroxylation is 2. The maximum Gasteiger partial charge on any atom is 0.188 e. The average Bonchev–Trinajstić information content (AvgIpc) is 2.63. The van der Waals surface area contributed by atoms with Crippen LogP contribution in [-0.2, 0) is 0 Å². The lowest BCUT2D eigenvalue weighted by atomic mass is 9.80. The van der Waals surface area contributed by atoms with Crippen LogP contribution in [-0.4, -0.2) is 11.6 Å². The predicted octanol–water partition coefficient (Wildman–Crippen LogP) is 5.49. The SMILES string of the molecule is Cc1ccc(C(=O)C[C@H]2CCCC=C2C(=O)c2ccc(C)cc2)cc1. The van der Waals surface area contributed by atoms with Crippen LogP contribution in [0, 0.1) is 19.8 Å². The minimum absolute atomic E-state index is 0.0244. The zero-order valence-corrected chi connectivity index (χ0v) is 14.9. The van der Waals surface area contributed by atoms with E-state index in [1.807, 2.05) is 68.5 Å². The number of Topliss-reactive ketones (excluding diaryl/α,β-unsaturated/α-hetero) is 2. The second kappa shape index (κ2) is 7.60. The van der Waals surface area contributed by atoms with Gasteiger partial charge in [-0.05, 0) is 44.6 Å². The van der Waals surface area contributed by atoms with E-state index in [2.05, 4.69) is 0 Å². The van der Waals surface area contributed by atoms with E-state index in [0.29, 0.717) is 12.0 Å². The fourth-order valence-corrected chi connectivity index (χ4v) is 3.39. The number of hydrogen-bond donors (Lipinski definition) is 0. The van der Waals surface area contributed by atoms with E-state index in [1.54, 1.807) is 0 Å². The molecule has 0 spiro atoms. The van der Waals surface area contributed by atoms with Crippen LogP contribution in [0.25, 0.3) is 0 Å². The summed E-state index contributed by atoms with van der Waals surface area (Å²) in [7, 11) is 0. The first-order chi connectivity index (χ1) is 12.0. The molecule has 1 aliphatic carbocycles. The Bertz CT molecular complexity index is 795. The van der Waals surface area contributed by atoms with Gasteiger partial charge in [0.05, 0.1) is 0 Å². The van der Waals surface area contributed by atoms with Crippen molar-refractivity contribution in [2.75, 3.05) is 0 Å². The summed E-state index contributed by atoms with van der Waals surface area (Å²) in [6, 6.07) is 15.4. The van der Waals surface area contributed by atoms with E-state index in [0.717, 1.165) is 41.5 Å². The van der Waals surface area contributed by atoms with Gasteiger partial charge in [-0.1, -0.05) is 65.7 Å².